The quantitative estimate of drug-likeness (QED) is 0.885. The molecule has 2 aliphatic rings. The average Bonchev–Trinajstić information content (AvgIpc) is 3.07. The first-order valence-electron chi connectivity index (χ1n) is 7.07. The fourth-order valence-electron chi connectivity index (χ4n) is 2.88. The summed E-state index contributed by atoms with van der Waals surface area (Å²) in [6.07, 6.45) is 3.57. The van der Waals surface area contributed by atoms with E-state index in [0.717, 1.165) is 25.3 Å². The van der Waals surface area contributed by atoms with Crippen LogP contribution in [0.2, 0.25) is 0 Å². The molecule has 0 aliphatic carbocycles. The summed E-state index contributed by atoms with van der Waals surface area (Å²) in [5.41, 5.74) is 1.20. The summed E-state index contributed by atoms with van der Waals surface area (Å²) in [4.78, 5) is 13.5. The van der Waals surface area contributed by atoms with Crippen molar-refractivity contribution >= 4 is 17.7 Å². The maximum Gasteiger partial charge on any atom is 0.228 e. The van der Waals surface area contributed by atoms with Crippen molar-refractivity contribution in [1.29, 1.82) is 0 Å². The van der Waals surface area contributed by atoms with Gasteiger partial charge < -0.3 is 10.6 Å². The molecule has 0 aromatic heterocycles. The van der Waals surface area contributed by atoms with Crippen LogP contribution < -0.4 is 10.6 Å². The van der Waals surface area contributed by atoms with Gasteiger partial charge in [-0.05, 0) is 37.4 Å². The van der Waals surface area contributed by atoms with Gasteiger partial charge in [0.05, 0.1) is 5.92 Å². The predicted molar refractivity (Wildman–Crippen MR) is 78.6 cm³/mol. The number of benzene rings is 1. The van der Waals surface area contributed by atoms with Gasteiger partial charge in [-0.25, -0.2) is 0 Å². The van der Waals surface area contributed by atoms with Crippen LogP contribution in [0.5, 0.6) is 0 Å². The molecule has 0 bridgehead atoms. The minimum Gasteiger partial charge on any atom is -0.355 e. The number of fused-ring (bicyclic) bond motifs is 1. The Balaban J connectivity index is 1.51. The van der Waals surface area contributed by atoms with E-state index in [9.17, 15) is 4.79 Å². The van der Waals surface area contributed by atoms with Gasteiger partial charge in [-0.1, -0.05) is 18.2 Å². The summed E-state index contributed by atoms with van der Waals surface area (Å²) >= 11 is 1.79. The lowest BCUT2D eigenvalue weighted by molar-refractivity contribution is -0.122. The largest absolute Gasteiger partial charge is 0.355 e. The van der Waals surface area contributed by atoms with Gasteiger partial charge in [0.2, 0.25) is 5.91 Å². The first-order valence-corrected chi connectivity index (χ1v) is 8.06. The second kappa shape index (κ2) is 5.97. The van der Waals surface area contributed by atoms with Gasteiger partial charge in [0.1, 0.15) is 0 Å². The number of nitrogens with one attached hydrogen (secondary N) is 2. The van der Waals surface area contributed by atoms with Gasteiger partial charge in [0.25, 0.3) is 0 Å². The standard InChI is InChI=1S/C15H20N2OS/c18-15(17-9-7-11-4-3-8-16-11)13-10-19-14-6-2-1-5-12(13)14/h1-2,5-6,11,13,16H,3-4,7-10H2,(H,17,18)/t11-,13?/m0/s1. The van der Waals surface area contributed by atoms with Crippen LogP contribution in [-0.2, 0) is 4.79 Å². The highest BCUT2D eigenvalue weighted by Gasteiger charge is 2.28. The number of rotatable bonds is 4. The molecule has 3 rings (SSSR count). The molecule has 4 heteroatoms. The molecular weight excluding hydrogens is 256 g/mol. The predicted octanol–water partition coefficient (Wildman–Crippen LogP) is 2.13. The smallest absolute Gasteiger partial charge is 0.228 e. The molecule has 1 unspecified atom stereocenters. The van der Waals surface area contributed by atoms with Crippen molar-refractivity contribution in [3.05, 3.63) is 29.8 Å². The Kier molecular flexibility index (Phi) is 4.09. The van der Waals surface area contributed by atoms with E-state index in [1.54, 1.807) is 11.8 Å². The highest BCUT2D eigenvalue weighted by atomic mass is 32.2. The highest BCUT2D eigenvalue weighted by Crippen LogP contribution is 2.39. The van der Waals surface area contributed by atoms with E-state index in [1.165, 1.54) is 23.3 Å². The summed E-state index contributed by atoms with van der Waals surface area (Å²) in [5.74, 6) is 1.11. The van der Waals surface area contributed by atoms with E-state index in [4.69, 9.17) is 0 Å². The molecule has 0 saturated carbocycles. The minimum atomic E-state index is 0.0396. The van der Waals surface area contributed by atoms with Crippen LogP contribution in [0, 0.1) is 0 Å². The van der Waals surface area contributed by atoms with Crippen LogP contribution >= 0.6 is 11.8 Å². The molecule has 102 valence electrons. The van der Waals surface area contributed by atoms with Crippen LogP contribution in [0.3, 0.4) is 0 Å². The van der Waals surface area contributed by atoms with Crippen LogP contribution in [0.25, 0.3) is 0 Å². The zero-order valence-corrected chi connectivity index (χ0v) is 11.8. The third-order valence-electron chi connectivity index (χ3n) is 3.97. The third-order valence-corrected chi connectivity index (χ3v) is 5.15. The van der Waals surface area contributed by atoms with E-state index >= 15 is 0 Å². The molecule has 2 heterocycles. The molecule has 1 saturated heterocycles. The molecule has 1 fully saturated rings. The van der Waals surface area contributed by atoms with Crippen LogP contribution in [0.15, 0.2) is 29.2 Å². The number of amides is 1. The first-order chi connectivity index (χ1) is 9.34. The normalized spacial score (nSPS) is 25.3. The maximum atomic E-state index is 12.2. The molecule has 2 aliphatic heterocycles. The second-order valence-electron chi connectivity index (χ2n) is 5.27. The van der Waals surface area contributed by atoms with E-state index in [2.05, 4.69) is 22.8 Å². The van der Waals surface area contributed by atoms with Crippen molar-refractivity contribution in [2.24, 2.45) is 0 Å². The number of hydrogen-bond donors (Lipinski definition) is 2. The molecule has 0 radical (unpaired) electrons. The molecule has 2 atom stereocenters. The Labute approximate surface area is 118 Å². The van der Waals surface area contributed by atoms with Crippen LogP contribution in [0.1, 0.15) is 30.7 Å². The fourth-order valence-corrected chi connectivity index (χ4v) is 4.10. The molecule has 19 heavy (non-hydrogen) atoms. The molecule has 2 N–H and O–H groups in total. The zero-order chi connectivity index (χ0) is 13.1. The van der Waals surface area contributed by atoms with Gasteiger partial charge in [-0.2, -0.15) is 0 Å². The van der Waals surface area contributed by atoms with E-state index in [1.807, 2.05) is 12.1 Å². The highest BCUT2D eigenvalue weighted by molar-refractivity contribution is 7.99. The van der Waals surface area contributed by atoms with Gasteiger partial charge in [0, 0.05) is 23.2 Å². The number of carbonyl (C=O) groups is 1. The van der Waals surface area contributed by atoms with E-state index in [-0.39, 0.29) is 11.8 Å². The lowest BCUT2D eigenvalue weighted by Crippen LogP contribution is -2.33. The minimum absolute atomic E-state index is 0.0396. The molecule has 3 nitrogen and oxygen atoms in total. The Bertz CT molecular complexity index is 457. The van der Waals surface area contributed by atoms with Crippen molar-refractivity contribution in [2.45, 2.75) is 36.1 Å². The molecule has 1 aromatic rings. The summed E-state index contributed by atoms with van der Waals surface area (Å²) in [6.45, 7) is 1.92. The van der Waals surface area contributed by atoms with Crippen molar-refractivity contribution in [3.63, 3.8) is 0 Å². The van der Waals surface area contributed by atoms with E-state index < -0.39 is 0 Å². The Morgan fingerprint density at radius 3 is 3.16 bits per heavy atom. The Morgan fingerprint density at radius 2 is 2.32 bits per heavy atom. The monoisotopic (exact) mass is 276 g/mol. The topological polar surface area (TPSA) is 41.1 Å². The molecule has 1 aromatic carbocycles. The summed E-state index contributed by atoms with van der Waals surface area (Å²) in [7, 11) is 0. The molecular formula is C15H20N2OS. The molecule has 0 spiro atoms. The average molecular weight is 276 g/mol. The number of hydrogen-bond acceptors (Lipinski definition) is 3. The van der Waals surface area contributed by atoms with E-state index in [0.29, 0.717) is 6.04 Å². The van der Waals surface area contributed by atoms with Gasteiger partial charge in [0.15, 0.2) is 0 Å². The molecule has 1 amide bonds. The second-order valence-corrected chi connectivity index (χ2v) is 6.34. The van der Waals surface area contributed by atoms with Crippen LogP contribution in [0.4, 0.5) is 0 Å². The SMILES string of the molecule is O=C(NCC[C@@H]1CCCN1)C1CSc2ccccc21. The third kappa shape index (κ3) is 2.95. The summed E-state index contributed by atoms with van der Waals surface area (Å²) in [6, 6.07) is 8.85. The van der Waals surface area contributed by atoms with Gasteiger partial charge >= 0.3 is 0 Å². The zero-order valence-electron chi connectivity index (χ0n) is 11.0. The van der Waals surface area contributed by atoms with Crippen LogP contribution in [-0.4, -0.2) is 30.8 Å². The Morgan fingerprint density at radius 1 is 1.42 bits per heavy atom. The van der Waals surface area contributed by atoms with Crippen molar-refractivity contribution in [1.82, 2.24) is 10.6 Å². The number of thioether (sulfide) groups is 1. The van der Waals surface area contributed by atoms with Crippen molar-refractivity contribution < 1.29 is 4.79 Å². The first kappa shape index (κ1) is 13.0. The Hall–Kier alpha value is -1.00. The fraction of sp³-hybridized carbons (Fsp3) is 0.533. The lowest BCUT2D eigenvalue weighted by Gasteiger charge is -2.14. The number of carbonyl (C=O) groups excluding carboxylic acids is 1. The lowest BCUT2D eigenvalue weighted by atomic mass is 10.0. The summed E-state index contributed by atoms with van der Waals surface area (Å²) < 4.78 is 0. The summed E-state index contributed by atoms with van der Waals surface area (Å²) in [5, 5.41) is 6.56. The van der Waals surface area contributed by atoms with Crippen molar-refractivity contribution in [3.8, 4) is 0 Å². The van der Waals surface area contributed by atoms with Gasteiger partial charge in [-0.15, -0.1) is 11.8 Å². The van der Waals surface area contributed by atoms with Gasteiger partial charge in [-0.3, -0.25) is 4.79 Å². The van der Waals surface area contributed by atoms with Crippen molar-refractivity contribution in [2.75, 3.05) is 18.8 Å². The maximum absolute atomic E-state index is 12.2.